The largest absolute Gasteiger partial charge is 0.385 e. The third kappa shape index (κ3) is 2.74. The molecule has 19 heavy (non-hydrogen) atoms. The zero-order valence-corrected chi connectivity index (χ0v) is 12.0. The third-order valence-corrected chi connectivity index (χ3v) is 4.28. The Labute approximate surface area is 115 Å². The van der Waals surface area contributed by atoms with E-state index in [0.717, 1.165) is 24.8 Å². The van der Waals surface area contributed by atoms with Crippen LogP contribution in [0.3, 0.4) is 0 Å². The Kier molecular flexibility index (Phi) is 4.11. The minimum absolute atomic E-state index is 0.396. The van der Waals surface area contributed by atoms with Crippen molar-refractivity contribution in [3.05, 3.63) is 23.4 Å². The molecule has 1 fully saturated rings. The van der Waals surface area contributed by atoms with Crippen LogP contribution >= 0.6 is 0 Å². The Balaban J connectivity index is 2.34. The lowest BCUT2D eigenvalue weighted by Gasteiger charge is -2.42. The number of nitrogens with two attached hydrogens (primary N) is 1. The Morgan fingerprint density at radius 2 is 2.32 bits per heavy atom. The molecule has 1 saturated carbocycles. The predicted molar refractivity (Wildman–Crippen MR) is 75.7 cm³/mol. The van der Waals surface area contributed by atoms with Crippen LogP contribution in [0.2, 0.25) is 0 Å². The predicted octanol–water partition coefficient (Wildman–Crippen LogP) is 2.60. The highest BCUT2D eigenvalue weighted by Crippen LogP contribution is 2.44. The Morgan fingerprint density at radius 3 is 2.95 bits per heavy atom. The quantitative estimate of drug-likeness (QED) is 0.880. The molecular formula is C15H24N2O2. The van der Waals surface area contributed by atoms with Crippen molar-refractivity contribution in [3.63, 3.8) is 0 Å². The minimum Gasteiger partial charge on any atom is -0.385 e. The fraction of sp³-hybridized carbons (Fsp3) is 0.667. The van der Waals surface area contributed by atoms with Gasteiger partial charge < -0.3 is 15.6 Å². The van der Waals surface area contributed by atoms with Crippen molar-refractivity contribution >= 4 is 5.82 Å². The maximum Gasteiger partial charge on any atom is 0.129 e. The first-order valence-corrected chi connectivity index (χ1v) is 6.94. The van der Waals surface area contributed by atoms with Crippen LogP contribution in [0, 0.1) is 12.8 Å². The van der Waals surface area contributed by atoms with E-state index in [1.54, 1.807) is 13.3 Å². The molecule has 2 rings (SSSR count). The first-order valence-electron chi connectivity index (χ1n) is 6.94. The number of aliphatic hydroxyl groups excluding tert-OH is 1. The molecule has 1 heterocycles. The fourth-order valence-electron chi connectivity index (χ4n) is 3.19. The zero-order chi connectivity index (χ0) is 14.0. The molecule has 1 aliphatic carbocycles. The van der Waals surface area contributed by atoms with Crippen LogP contribution in [-0.4, -0.2) is 22.8 Å². The minimum atomic E-state index is -0.715. The normalized spacial score (nSPS) is 29.2. The molecule has 0 bridgehead atoms. The zero-order valence-electron chi connectivity index (χ0n) is 12.0. The first-order chi connectivity index (χ1) is 8.98. The molecule has 4 heteroatoms. The van der Waals surface area contributed by atoms with Gasteiger partial charge >= 0.3 is 0 Å². The maximum absolute atomic E-state index is 10.8. The summed E-state index contributed by atoms with van der Waals surface area (Å²) in [6.45, 7) is 4.16. The van der Waals surface area contributed by atoms with Gasteiger partial charge in [-0.25, -0.2) is 4.98 Å². The van der Waals surface area contributed by atoms with Crippen LogP contribution in [0.1, 0.15) is 49.8 Å². The molecular weight excluding hydrogens is 240 g/mol. The van der Waals surface area contributed by atoms with Crippen molar-refractivity contribution in [2.45, 2.75) is 51.2 Å². The van der Waals surface area contributed by atoms with Gasteiger partial charge in [-0.15, -0.1) is 0 Å². The highest BCUT2D eigenvalue weighted by molar-refractivity contribution is 5.43. The average Bonchev–Trinajstić information content (AvgIpc) is 2.40. The van der Waals surface area contributed by atoms with Crippen molar-refractivity contribution in [2.75, 3.05) is 12.8 Å². The summed E-state index contributed by atoms with van der Waals surface area (Å²) in [6, 6.07) is 1.91. The highest BCUT2D eigenvalue weighted by atomic mass is 16.5. The number of aliphatic hydroxyl groups is 1. The maximum atomic E-state index is 10.8. The second-order valence-corrected chi connectivity index (χ2v) is 5.86. The molecule has 3 unspecified atom stereocenters. The number of nitrogens with zero attached hydrogens (tertiary/aromatic N) is 1. The number of hydrogen-bond acceptors (Lipinski definition) is 4. The third-order valence-electron chi connectivity index (χ3n) is 4.28. The van der Waals surface area contributed by atoms with Crippen molar-refractivity contribution in [1.29, 1.82) is 0 Å². The second-order valence-electron chi connectivity index (χ2n) is 5.86. The average molecular weight is 264 g/mol. The molecule has 0 aliphatic heterocycles. The van der Waals surface area contributed by atoms with Gasteiger partial charge in [-0.2, -0.15) is 0 Å². The summed E-state index contributed by atoms with van der Waals surface area (Å²) < 4.78 is 5.73. The molecule has 3 N–H and O–H groups in total. The van der Waals surface area contributed by atoms with Gasteiger partial charge in [0.05, 0.1) is 5.60 Å². The summed E-state index contributed by atoms with van der Waals surface area (Å²) in [4.78, 5) is 4.14. The lowest BCUT2D eigenvalue weighted by Crippen LogP contribution is -2.43. The monoisotopic (exact) mass is 264 g/mol. The van der Waals surface area contributed by atoms with Gasteiger partial charge in [-0.1, -0.05) is 19.8 Å². The molecule has 1 aromatic rings. The van der Waals surface area contributed by atoms with E-state index in [-0.39, 0.29) is 0 Å². The Bertz CT molecular complexity index is 450. The van der Waals surface area contributed by atoms with Gasteiger partial charge in [-0.3, -0.25) is 0 Å². The molecule has 1 aliphatic rings. The molecule has 0 spiro atoms. The van der Waals surface area contributed by atoms with Gasteiger partial charge in [0.2, 0.25) is 0 Å². The highest BCUT2D eigenvalue weighted by Gasteiger charge is 2.43. The number of ether oxygens (including phenoxy) is 1. The van der Waals surface area contributed by atoms with Crippen LogP contribution < -0.4 is 5.73 Å². The van der Waals surface area contributed by atoms with Crippen LogP contribution in [0.25, 0.3) is 0 Å². The molecule has 0 amide bonds. The molecule has 4 nitrogen and oxygen atoms in total. The SMILES string of the molecule is COC1(C(O)c2cc(C)cnc2N)CCCC(C)C1. The van der Waals surface area contributed by atoms with Crippen LogP contribution in [0.4, 0.5) is 5.82 Å². The van der Waals surface area contributed by atoms with Crippen molar-refractivity contribution in [3.8, 4) is 0 Å². The topological polar surface area (TPSA) is 68.4 Å². The lowest BCUT2D eigenvalue weighted by atomic mass is 9.74. The molecule has 3 atom stereocenters. The van der Waals surface area contributed by atoms with Crippen molar-refractivity contribution in [2.24, 2.45) is 5.92 Å². The fourth-order valence-corrected chi connectivity index (χ4v) is 3.19. The summed E-state index contributed by atoms with van der Waals surface area (Å²) in [7, 11) is 1.68. The van der Waals surface area contributed by atoms with E-state index in [0.29, 0.717) is 17.3 Å². The standard InChI is InChI=1S/C15H24N2O2/c1-10-5-4-6-15(8-10,19-3)13(18)12-7-11(2)9-17-14(12)16/h7,9-10,13,18H,4-6,8H2,1-3H3,(H2,16,17). The van der Waals surface area contributed by atoms with Crippen LogP contribution in [0.15, 0.2) is 12.3 Å². The number of methoxy groups -OCH3 is 1. The van der Waals surface area contributed by atoms with Gasteiger partial charge in [0.1, 0.15) is 11.9 Å². The van der Waals surface area contributed by atoms with E-state index < -0.39 is 11.7 Å². The molecule has 0 saturated heterocycles. The van der Waals surface area contributed by atoms with Crippen LogP contribution in [-0.2, 0) is 4.74 Å². The first kappa shape index (κ1) is 14.3. The number of hydrogen-bond donors (Lipinski definition) is 2. The number of aryl methyl sites for hydroxylation is 1. The van der Waals surface area contributed by atoms with E-state index in [1.165, 1.54) is 6.42 Å². The number of aromatic nitrogens is 1. The Hall–Kier alpha value is -1.13. The van der Waals surface area contributed by atoms with Gasteiger partial charge in [-0.05, 0) is 37.3 Å². The summed E-state index contributed by atoms with van der Waals surface area (Å²) >= 11 is 0. The van der Waals surface area contributed by atoms with Crippen LogP contribution in [0.5, 0.6) is 0 Å². The summed E-state index contributed by atoms with van der Waals surface area (Å²) in [6.07, 6.45) is 4.99. The number of rotatable bonds is 3. The summed E-state index contributed by atoms with van der Waals surface area (Å²) in [5, 5.41) is 10.8. The molecule has 0 aromatic carbocycles. The molecule has 0 radical (unpaired) electrons. The molecule has 1 aromatic heterocycles. The number of anilines is 1. The van der Waals surface area contributed by atoms with E-state index in [4.69, 9.17) is 10.5 Å². The van der Waals surface area contributed by atoms with E-state index in [1.807, 2.05) is 13.0 Å². The van der Waals surface area contributed by atoms with Gasteiger partial charge in [0.25, 0.3) is 0 Å². The van der Waals surface area contributed by atoms with E-state index in [9.17, 15) is 5.11 Å². The van der Waals surface area contributed by atoms with Gasteiger partial charge in [0.15, 0.2) is 0 Å². The van der Waals surface area contributed by atoms with E-state index >= 15 is 0 Å². The van der Waals surface area contributed by atoms with E-state index in [2.05, 4.69) is 11.9 Å². The lowest BCUT2D eigenvalue weighted by molar-refractivity contribution is -0.133. The second kappa shape index (κ2) is 5.47. The summed E-state index contributed by atoms with van der Waals surface area (Å²) in [5.41, 5.74) is 7.08. The van der Waals surface area contributed by atoms with Crippen molar-refractivity contribution < 1.29 is 9.84 Å². The Morgan fingerprint density at radius 1 is 1.58 bits per heavy atom. The molecule has 106 valence electrons. The summed E-state index contributed by atoms with van der Waals surface area (Å²) in [5.74, 6) is 0.954. The van der Waals surface area contributed by atoms with Crippen molar-refractivity contribution in [1.82, 2.24) is 4.98 Å². The van der Waals surface area contributed by atoms with Gasteiger partial charge in [0, 0.05) is 18.9 Å². The number of nitrogen functional groups attached to an aromatic ring is 1. The number of pyridine rings is 1. The smallest absolute Gasteiger partial charge is 0.129 e.